The van der Waals surface area contributed by atoms with Gasteiger partial charge in [0.2, 0.25) is 11.8 Å². The molecule has 0 bridgehead atoms. The maximum absolute atomic E-state index is 12.7. The number of hydrogen-bond donors (Lipinski definition) is 1. The van der Waals surface area contributed by atoms with Gasteiger partial charge in [0.15, 0.2) is 11.7 Å². The lowest BCUT2D eigenvalue weighted by molar-refractivity contribution is -0.135. The van der Waals surface area contributed by atoms with Gasteiger partial charge in [0, 0.05) is 51.4 Å². The highest BCUT2D eigenvalue weighted by molar-refractivity contribution is 5.82. The Labute approximate surface area is 190 Å². The van der Waals surface area contributed by atoms with Crippen molar-refractivity contribution in [1.29, 1.82) is 0 Å². The molecule has 0 aliphatic carbocycles. The number of carbonyl (C=O) groups is 1. The van der Waals surface area contributed by atoms with E-state index in [0.717, 1.165) is 75.9 Å². The Bertz CT molecular complexity index is 898. The molecule has 1 aromatic heterocycles. The normalized spacial score (nSPS) is 18.8. The van der Waals surface area contributed by atoms with E-state index in [4.69, 9.17) is 9.41 Å². The van der Waals surface area contributed by atoms with Crippen LogP contribution in [0.4, 0.5) is 0 Å². The van der Waals surface area contributed by atoms with E-state index in [1.807, 2.05) is 42.2 Å². The van der Waals surface area contributed by atoms with Gasteiger partial charge in [-0.25, -0.2) is 9.98 Å². The van der Waals surface area contributed by atoms with Crippen LogP contribution in [0.1, 0.15) is 32.6 Å². The van der Waals surface area contributed by atoms with Gasteiger partial charge in [-0.1, -0.05) is 30.3 Å². The van der Waals surface area contributed by atoms with Gasteiger partial charge in [0.25, 0.3) is 0 Å². The number of nitrogens with one attached hydrogen (secondary N) is 1. The first kappa shape index (κ1) is 22.3. The summed E-state index contributed by atoms with van der Waals surface area (Å²) in [5.41, 5.74) is 1.01. The number of benzene rings is 1. The van der Waals surface area contributed by atoms with Crippen molar-refractivity contribution in [2.75, 3.05) is 45.8 Å². The number of likely N-dealkylation sites (tertiary alicyclic amines) is 1. The van der Waals surface area contributed by atoms with Crippen LogP contribution in [0.25, 0.3) is 11.3 Å². The molecule has 2 saturated heterocycles. The lowest BCUT2D eigenvalue weighted by Gasteiger charge is -2.39. The Morgan fingerprint density at radius 1 is 1.09 bits per heavy atom. The average Bonchev–Trinajstić information content (AvgIpc) is 3.54. The molecular formula is C24H34N6O2. The first-order valence-corrected chi connectivity index (χ1v) is 11.7. The summed E-state index contributed by atoms with van der Waals surface area (Å²) in [4.78, 5) is 28.5. The molecule has 2 aliphatic heterocycles. The molecule has 172 valence electrons. The molecule has 0 spiro atoms. The van der Waals surface area contributed by atoms with Crippen molar-refractivity contribution >= 4 is 11.9 Å². The summed E-state index contributed by atoms with van der Waals surface area (Å²) in [5.74, 6) is 2.49. The summed E-state index contributed by atoms with van der Waals surface area (Å²) in [6, 6.07) is 9.91. The number of carbonyl (C=O) groups excluding carboxylic acids is 1. The first-order chi connectivity index (χ1) is 15.7. The maximum atomic E-state index is 12.7. The van der Waals surface area contributed by atoms with Gasteiger partial charge in [-0.2, -0.15) is 0 Å². The van der Waals surface area contributed by atoms with Crippen molar-refractivity contribution in [3.05, 3.63) is 42.4 Å². The molecule has 1 atom stereocenters. The molecule has 2 aliphatic rings. The van der Waals surface area contributed by atoms with Crippen molar-refractivity contribution in [3.63, 3.8) is 0 Å². The number of piperazine rings is 1. The summed E-state index contributed by atoms with van der Waals surface area (Å²) >= 11 is 0. The number of amides is 1. The topological polar surface area (TPSA) is 77.2 Å². The molecule has 3 heterocycles. The van der Waals surface area contributed by atoms with Crippen LogP contribution in [-0.4, -0.2) is 83.4 Å². The molecule has 1 amide bonds. The second-order valence-corrected chi connectivity index (χ2v) is 8.39. The Balaban J connectivity index is 1.34. The predicted octanol–water partition coefficient (Wildman–Crippen LogP) is 2.44. The van der Waals surface area contributed by atoms with Crippen molar-refractivity contribution in [1.82, 2.24) is 25.0 Å². The molecule has 0 saturated carbocycles. The first-order valence-electron chi connectivity index (χ1n) is 11.7. The molecule has 1 N–H and O–H groups in total. The molecule has 0 radical (unpaired) electrons. The van der Waals surface area contributed by atoms with Crippen LogP contribution in [-0.2, 0) is 11.3 Å². The zero-order valence-corrected chi connectivity index (χ0v) is 19.2. The Morgan fingerprint density at radius 2 is 1.81 bits per heavy atom. The molecule has 4 rings (SSSR count). The quantitative estimate of drug-likeness (QED) is 0.551. The molecule has 1 aromatic carbocycles. The van der Waals surface area contributed by atoms with Gasteiger partial charge in [-0.3, -0.25) is 9.69 Å². The van der Waals surface area contributed by atoms with Crippen LogP contribution in [0.15, 0.2) is 45.9 Å². The minimum absolute atomic E-state index is 0.0569. The van der Waals surface area contributed by atoms with Crippen LogP contribution in [0.2, 0.25) is 0 Å². The van der Waals surface area contributed by atoms with E-state index < -0.39 is 0 Å². The molecule has 8 heteroatoms. The zero-order chi connectivity index (χ0) is 22.3. The third kappa shape index (κ3) is 5.30. The van der Waals surface area contributed by atoms with E-state index in [1.54, 1.807) is 6.20 Å². The van der Waals surface area contributed by atoms with Crippen molar-refractivity contribution in [2.45, 2.75) is 39.3 Å². The third-order valence-corrected chi connectivity index (χ3v) is 6.25. The van der Waals surface area contributed by atoms with E-state index in [9.17, 15) is 4.79 Å². The van der Waals surface area contributed by atoms with Crippen molar-refractivity contribution in [2.24, 2.45) is 4.99 Å². The second-order valence-electron chi connectivity index (χ2n) is 8.39. The molecule has 1 unspecified atom stereocenters. The summed E-state index contributed by atoms with van der Waals surface area (Å²) in [7, 11) is 0. The van der Waals surface area contributed by atoms with E-state index >= 15 is 0 Å². The largest absolute Gasteiger partial charge is 0.439 e. The number of hydrogen-bond acceptors (Lipinski definition) is 5. The predicted molar refractivity (Wildman–Crippen MR) is 125 cm³/mol. The van der Waals surface area contributed by atoms with E-state index in [0.29, 0.717) is 12.4 Å². The number of guanidine groups is 1. The fourth-order valence-electron chi connectivity index (χ4n) is 4.37. The van der Waals surface area contributed by atoms with E-state index in [-0.39, 0.29) is 11.9 Å². The Morgan fingerprint density at radius 3 is 2.50 bits per heavy atom. The molecular weight excluding hydrogens is 404 g/mol. The summed E-state index contributed by atoms with van der Waals surface area (Å²) < 4.78 is 5.89. The SMILES string of the molecule is CCNC(=NCc1ncc(-c2ccccc2)o1)N1CCN(C(C)C(=O)N2CCCC2)CC1. The molecule has 2 aromatic rings. The number of rotatable bonds is 6. The minimum atomic E-state index is -0.0569. The lowest BCUT2D eigenvalue weighted by atomic mass is 10.2. The van der Waals surface area contributed by atoms with Crippen molar-refractivity contribution in [3.8, 4) is 11.3 Å². The van der Waals surface area contributed by atoms with Gasteiger partial charge in [0.1, 0.15) is 6.54 Å². The number of aromatic nitrogens is 1. The minimum Gasteiger partial charge on any atom is -0.439 e. The Hall–Kier alpha value is -2.87. The van der Waals surface area contributed by atoms with Crippen LogP contribution in [0, 0.1) is 0 Å². The maximum Gasteiger partial charge on any atom is 0.239 e. The zero-order valence-electron chi connectivity index (χ0n) is 19.2. The fourth-order valence-corrected chi connectivity index (χ4v) is 4.37. The third-order valence-electron chi connectivity index (χ3n) is 6.25. The van der Waals surface area contributed by atoms with Crippen LogP contribution in [0.5, 0.6) is 0 Å². The van der Waals surface area contributed by atoms with Gasteiger partial charge in [-0.05, 0) is 26.7 Å². The monoisotopic (exact) mass is 438 g/mol. The second kappa shape index (κ2) is 10.6. The van der Waals surface area contributed by atoms with Gasteiger partial charge in [0.05, 0.1) is 12.2 Å². The highest BCUT2D eigenvalue weighted by Gasteiger charge is 2.30. The number of nitrogens with zero attached hydrogens (tertiary/aromatic N) is 5. The smallest absolute Gasteiger partial charge is 0.239 e. The molecule has 32 heavy (non-hydrogen) atoms. The molecule has 8 nitrogen and oxygen atoms in total. The highest BCUT2D eigenvalue weighted by atomic mass is 16.4. The van der Waals surface area contributed by atoms with Gasteiger partial charge < -0.3 is 19.5 Å². The number of oxazole rings is 1. The van der Waals surface area contributed by atoms with E-state index in [2.05, 4.69) is 27.0 Å². The van der Waals surface area contributed by atoms with Crippen LogP contribution in [0.3, 0.4) is 0 Å². The van der Waals surface area contributed by atoms with Crippen molar-refractivity contribution < 1.29 is 9.21 Å². The standard InChI is InChI=1S/C24H34N6O2/c1-3-25-24(27-18-22-26-17-21(32-22)20-9-5-4-6-10-20)30-15-13-28(14-16-30)19(2)23(31)29-11-7-8-12-29/h4-6,9-10,17,19H,3,7-8,11-16,18H2,1-2H3,(H,25,27). The lowest BCUT2D eigenvalue weighted by Crippen LogP contribution is -2.57. The summed E-state index contributed by atoms with van der Waals surface area (Å²) in [6.45, 7) is 10.5. The summed E-state index contributed by atoms with van der Waals surface area (Å²) in [5, 5.41) is 3.39. The molecule has 2 fully saturated rings. The van der Waals surface area contributed by atoms with Gasteiger partial charge >= 0.3 is 0 Å². The Kier molecular flexibility index (Phi) is 7.42. The average molecular weight is 439 g/mol. The van der Waals surface area contributed by atoms with Crippen LogP contribution < -0.4 is 5.32 Å². The van der Waals surface area contributed by atoms with Crippen LogP contribution >= 0.6 is 0 Å². The van der Waals surface area contributed by atoms with E-state index in [1.165, 1.54) is 0 Å². The van der Waals surface area contributed by atoms with Gasteiger partial charge in [-0.15, -0.1) is 0 Å². The fraction of sp³-hybridized carbons (Fsp3) is 0.542. The summed E-state index contributed by atoms with van der Waals surface area (Å²) in [6.07, 6.45) is 4.02. The number of aliphatic imine (C=N–C) groups is 1. The highest BCUT2D eigenvalue weighted by Crippen LogP contribution is 2.20.